The summed E-state index contributed by atoms with van der Waals surface area (Å²) in [6.07, 6.45) is 3.20. The minimum absolute atomic E-state index is 0.305. The molecule has 0 heterocycles. The predicted molar refractivity (Wildman–Crippen MR) is 66.6 cm³/mol. The van der Waals surface area contributed by atoms with E-state index in [2.05, 4.69) is 38.1 Å². The summed E-state index contributed by atoms with van der Waals surface area (Å²) in [6, 6.07) is 8.82. The van der Waals surface area contributed by atoms with Gasteiger partial charge in [-0.05, 0) is 43.6 Å². The molecule has 1 nitrogen and oxygen atoms in total. The first-order valence-corrected chi connectivity index (χ1v) is 6.11. The summed E-state index contributed by atoms with van der Waals surface area (Å²) in [5.74, 6) is 0.790. The standard InChI is InChI=1S/C15H20O/c1-11-4-6-14(7-5-11)15(8-9-15)12(2)10-13(3)16/h4-7,12H,8-10H2,1-3H3. The lowest BCUT2D eigenvalue weighted by atomic mass is 9.81. The van der Waals surface area contributed by atoms with Crippen molar-refractivity contribution in [2.75, 3.05) is 0 Å². The number of aryl methyl sites for hydroxylation is 1. The molecule has 1 unspecified atom stereocenters. The summed E-state index contributed by atoms with van der Waals surface area (Å²) in [6.45, 7) is 6.03. The largest absolute Gasteiger partial charge is 0.300 e. The number of benzene rings is 1. The van der Waals surface area contributed by atoms with Crippen LogP contribution in [-0.4, -0.2) is 5.78 Å². The third kappa shape index (κ3) is 2.04. The number of hydrogen-bond acceptors (Lipinski definition) is 1. The molecule has 1 saturated carbocycles. The molecule has 1 fully saturated rings. The molecular formula is C15H20O. The molecule has 0 N–H and O–H groups in total. The average Bonchev–Trinajstić information content (AvgIpc) is 2.98. The number of hydrogen-bond donors (Lipinski definition) is 0. The fourth-order valence-electron chi connectivity index (χ4n) is 2.71. The predicted octanol–water partition coefficient (Wildman–Crippen LogP) is 3.64. The van der Waals surface area contributed by atoms with Crippen LogP contribution in [0, 0.1) is 12.8 Å². The lowest BCUT2D eigenvalue weighted by Crippen LogP contribution is -2.19. The molecule has 1 aromatic rings. The van der Waals surface area contributed by atoms with Gasteiger partial charge in [-0.2, -0.15) is 0 Å². The van der Waals surface area contributed by atoms with E-state index in [1.54, 1.807) is 6.92 Å². The first-order valence-electron chi connectivity index (χ1n) is 6.11. The summed E-state index contributed by atoms with van der Waals surface area (Å²) in [7, 11) is 0. The highest BCUT2D eigenvalue weighted by Crippen LogP contribution is 2.54. The van der Waals surface area contributed by atoms with Gasteiger partial charge in [0.1, 0.15) is 5.78 Å². The van der Waals surface area contributed by atoms with Crippen LogP contribution in [0.3, 0.4) is 0 Å². The molecule has 1 atom stereocenters. The Morgan fingerprint density at radius 2 is 1.88 bits per heavy atom. The summed E-state index contributed by atoms with van der Waals surface area (Å²) in [5.41, 5.74) is 3.03. The zero-order valence-electron chi connectivity index (χ0n) is 10.4. The maximum atomic E-state index is 11.2. The molecular weight excluding hydrogens is 196 g/mol. The summed E-state index contributed by atoms with van der Waals surface area (Å²) >= 11 is 0. The lowest BCUT2D eigenvalue weighted by molar-refractivity contribution is -0.118. The van der Waals surface area contributed by atoms with Crippen molar-refractivity contribution in [3.05, 3.63) is 35.4 Å². The molecule has 1 aromatic carbocycles. The highest BCUT2D eigenvalue weighted by atomic mass is 16.1. The molecule has 0 amide bonds. The van der Waals surface area contributed by atoms with E-state index in [-0.39, 0.29) is 0 Å². The Bertz CT molecular complexity index is 384. The molecule has 16 heavy (non-hydrogen) atoms. The molecule has 0 bridgehead atoms. The second-order valence-corrected chi connectivity index (χ2v) is 5.33. The van der Waals surface area contributed by atoms with Gasteiger partial charge in [0.05, 0.1) is 0 Å². The molecule has 0 spiro atoms. The van der Waals surface area contributed by atoms with Gasteiger partial charge in [0.25, 0.3) is 0 Å². The van der Waals surface area contributed by atoms with Crippen LogP contribution in [0.1, 0.15) is 44.2 Å². The molecule has 0 radical (unpaired) electrons. The van der Waals surface area contributed by atoms with Crippen molar-refractivity contribution in [2.45, 2.75) is 45.4 Å². The van der Waals surface area contributed by atoms with E-state index in [4.69, 9.17) is 0 Å². The summed E-state index contributed by atoms with van der Waals surface area (Å²) in [4.78, 5) is 11.2. The van der Waals surface area contributed by atoms with E-state index in [1.807, 2.05) is 0 Å². The quantitative estimate of drug-likeness (QED) is 0.751. The number of Topliss-reactive ketones (excluding diaryl/α,β-unsaturated/α-hetero) is 1. The van der Waals surface area contributed by atoms with E-state index >= 15 is 0 Å². The topological polar surface area (TPSA) is 17.1 Å². The van der Waals surface area contributed by atoms with Gasteiger partial charge < -0.3 is 4.79 Å². The van der Waals surface area contributed by atoms with Crippen molar-refractivity contribution in [2.24, 2.45) is 5.92 Å². The van der Waals surface area contributed by atoms with Crippen LogP contribution in [0.15, 0.2) is 24.3 Å². The molecule has 1 aliphatic carbocycles. The summed E-state index contributed by atoms with van der Waals surface area (Å²) < 4.78 is 0. The van der Waals surface area contributed by atoms with E-state index in [0.717, 1.165) is 0 Å². The van der Waals surface area contributed by atoms with E-state index < -0.39 is 0 Å². The second-order valence-electron chi connectivity index (χ2n) is 5.33. The van der Waals surface area contributed by atoms with Crippen molar-refractivity contribution in [3.63, 3.8) is 0 Å². The highest BCUT2D eigenvalue weighted by molar-refractivity contribution is 5.76. The van der Waals surface area contributed by atoms with Gasteiger partial charge in [0.2, 0.25) is 0 Å². The smallest absolute Gasteiger partial charge is 0.130 e. The zero-order chi connectivity index (χ0) is 11.8. The Hall–Kier alpha value is -1.11. The van der Waals surface area contributed by atoms with Gasteiger partial charge in [-0.3, -0.25) is 0 Å². The fraction of sp³-hybridized carbons (Fsp3) is 0.533. The van der Waals surface area contributed by atoms with Crippen LogP contribution in [0.5, 0.6) is 0 Å². The van der Waals surface area contributed by atoms with Gasteiger partial charge in [-0.1, -0.05) is 36.8 Å². The Morgan fingerprint density at radius 3 is 2.31 bits per heavy atom. The van der Waals surface area contributed by atoms with Crippen LogP contribution in [-0.2, 0) is 10.2 Å². The molecule has 2 rings (SSSR count). The maximum absolute atomic E-state index is 11.2. The Labute approximate surface area is 97.9 Å². The molecule has 0 aromatic heterocycles. The van der Waals surface area contributed by atoms with Crippen LogP contribution < -0.4 is 0 Å². The van der Waals surface area contributed by atoms with Gasteiger partial charge >= 0.3 is 0 Å². The Balaban J connectivity index is 2.19. The maximum Gasteiger partial charge on any atom is 0.130 e. The monoisotopic (exact) mass is 216 g/mol. The number of ketones is 1. The van der Waals surface area contributed by atoms with Crippen molar-refractivity contribution >= 4 is 5.78 Å². The van der Waals surface area contributed by atoms with Crippen molar-refractivity contribution < 1.29 is 4.79 Å². The lowest BCUT2D eigenvalue weighted by Gasteiger charge is -2.23. The van der Waals surface area contributed by atoms with Gasteiger partial charge in [-0.15, -0.1) is 0 Å². The zero-order valence-corrected chi connectivity index (χ0v) is 10.4. The Morgan fingerprint density at radius 1 is 1.31 bits per heavy atom. The van der Waals surface area contributed by atoms with Crippen molar-refractivity contribution in [1.29, 1.82) is 0 Å². The SMILES string of the molecule is CC(=O)CC(C)C1(c2ccc(C)cc2)CC1. The third-order valence-corrected chi connectivity index (χ3v) is 3.95. The van der Waals surface area contributed by atoms with Crippen LogP contribution >= 0.6 is 0 Å². The second kappa shape index (κ2) is 4.04. The highest BCUT2D eigenvalue weighted by Gasteiger charge is 2.48. The number of carbonyl (C=O) groups is 1. The van der Waals surface area contributed by atoms with Crippen molar-refractivity contribution in [3.8, 4) is 0 Å². The minimum Gasteiger partial charge on any atom is -0.300 e. The molecule has 1 heteroatoms. The van der Waals surface area contributed by atoms with Crippen LogP contribution in [0.4, 0.5) is 0 Å². The van der Waals surface area contributed by atoms with Gasteiger partial charge in [0, 0.05) is 6.42 Å². The first-order chi connectivity index (χ1) is 7.54. The summed E-state index contributed by atoms with van der Waals surface area (Å²) in [5, 5.41) is 0. The third-order valence-electron chi connectivity index (χ3n) is 3.95. The normalized spacial score (nSPS) is 19.2. The first kappa shape index (κ1) is 11.4. The number of carbonyl (C=O) groups excluding carboxylic acids is 1. The molecule has 0 aliphatic heterocycles. The van der Waals surface area contributed by atoms with E-state index in [0.29, 0.717) is 23.5 Å². The molecule has 0 saturated heterocycles. The van der Waals surface area contributed by atoms with E-state index in [1.165, 1.54) is 24.0 Å². The van der Waals surface area contributed by atoms with E-state index in [9.17, 15) is 4.79 Å². The van der Waals surface area contributed by atoms with Crippen LogP contribution in [0.2, 0.25) is 0 Å². The van der Waals surface area contributed by atoms with Gasteiger partial charge in [-0.25, -0.2) is 0 Å². The molecule has 1 aliphatic rings. The minimum atomic E-state index is 0.305. The van der Waals surface area contributed by atoms with Crippen molar-refractivity contribution in [1.82, 2.24) is 0 Å². The van der Waals surface area contributed by atoms with Crippen LogP contribution in [0.25, 0.3) is 0 Å². The van der Waals surface area contributed by atoms with Gasteiger partial charge in [0.15, 0.2) is 0 Å². The average molecular weight is 216 g/mol. The molecule has 86 valence electrons. The fourth-order valence-corrected chi connectivity index (χ4v) is 2.71. The Kier molecular flexibility index (Phi) is 2.88. The number of rotatable bonds is 4.